The molecule has 3 heterocycles. The number of hydrogen-bond donors (Lipinski definition) is 2. The molecule has 1 atom stereocenters. The van der Waals surface area contributed by atoms with Gasteiger partial charge < -0.3 is 10.3 Å². The van der Waals surface area contributed by atoms with Crippen molar-refractivity contribution in [3.8, 4) is 0 Å². The Balaban J connectivity index is 1.31. The van der Waals surface area contributed by atoms with Gasteiger partial charge in [0.15, 0.2) is 11.3 Å². The van der Waals surface area contributed by atoms with Crippen molar-refractivity contribution in [1.29, 1.82) is 0 Å². The molecule has 1 amide bonds. The Labute approximate surface area is 184 Å². The van der Waals surface area contributed by atoms with Crippen LogP contribution in [0, 0.1) is 11.8 Å². The van der Waals surface area contributed by atoms with Crippen LogP contribution in [0.5, 0.6) is 0 Å². The first-order valence-electron chi connectivity index (χ1n) is 11.3. The summed E-state index contributed by atoms with van der Waals surface area (Å²) in [6, 6.07) is 0. The number of aromatic amines is 1. The maximum atomic E-state index is 13.2. The quantitative estimate of drug-likeness (QED) is 0.593. The summed E-state index contributed by atoms with van der Waals surface area (Å²) in [6.45, 7) is 0.740. The van der Waals surface area contributed by atoms with E-state index in [1.807, 2.05) is 0 Å². The van der Waals surface area contributed by atoms with Gasteiger partial charge in [-0.3, -0.25) is 9.59 Å². The average molecular weight is 436 g/mol. The van der Waals surface area contributed by atoms with E-state index in [1.165, 1.54) is 17.7 Å². The van der Waals surface area contributed by atoms with Gasteiger partial charge in [0, 0.05) is 46.9 Å². The highest BCUT2D eigenvalue weighted by Gasteiger charge is 2.35. The van der Waals surface area contributed by atoms with E-state index in [0.717, 1.165) is 60.5 Å². The van der Waals surface area contributed by atoms with Crippen molar-refractivity contribution in [1.82, 2.24) is 25.3 Å². The molecule has 8 heteroatoms. The molecule has 3 aliphatic rings. The van der Waals surface area contributed by atoms with Crippen molar-refractivity contribution < 1.29 is 9.59 Å². The van der Waals surface area contributed by atoms with Gasteiger partial charge >= 0.3 is 0 Å². The molecule has 31 heavy (non-hydrogen) atoms. The van der Waals surface area contributed by atoms with Gasteiger partial charge in [0.1, 0.15) is 11.6 Å². The lowest BCUT2D eigenvalue weighted by Gasteiger charge is -2.21. The lowest BCUT2D eigenvalue weighted by atomic mass is 9.85. The van der Waals surface area contributed by atoms with E-state index in [9.17, 15) is 9.59 Å². The van der Waals surface area contributed by atoms with Crippen LogP contribution in [-0.4, -0.2) is 38.2 Å². The topological polar surface area (TPSA) is 101 Å². The van der Waals surface area contributed by atoms with E-state index in [-0.39, 0.29) is 17.7 Å². The maximum Gasteiger partial charge on any atom is 0.252 e. The van der Waals surface area contributed by atoms with Crippen LogP contribution in [0.15, 0.2) is 12.4 Å². The van der Waals surface area contributed by atoms with Crippen molar-refractivity contribution in [2.45, 2.75) is 57.3 Å². The number of Topliss-reactive ketones (excluding diaryl/α,β-unsaturated/α-hetero) is 1. The van der Waals surface area contributed by atoms with Crippen LogP contribution in [0.3, 0.4) is 0 Å². The van der Waals surface area contributed by atoms with Gasteiger partial charge in [-0.15, -0.1) is 11.3 Å². The molecule has 160 valence electrons. The lowest BCUT2D eigenvalue weighted by Crippen LogP contribution is -2.28. The number of hydrogen-bond acceptors (Lipinski definition) is 6. The number of carbonyl (C=O) groups is 2. The fraction of sp³-hybridized carbons (Fsp3) is 0.522. The van der Waals surface area contributed by atoms with Gasteiger partial charge in [-0.1, -0.05) is 0 Å². The summed E-state index contributed by atoms with van der Waals surface area (Å²) < 4.78 is 0. The normalized spacial score (nSPS) is 20.6. The highest BCUT2D eigenvalue weighted by Crippen LogP contribution is 2.41. The fourth-order valence-corrected chi connectivity index (χ4v) is 5.93. The number of thiophene rings is 1. The standard InChI is InChI=1S/C23H25N5O2S/c29-16(13-3-4-13)10-18-19(23(30)26-11-12-1-2-12)15-9-14(5-6-17(15)31-18)20-27-21-22(28-20)25-8-7-24-21/h7-8,12-14H,1-6,9-11H2,(H,26,30)(H,24,25,27,28). The Bertz CT molecular complexity index is 1140. The summed E-state index contributed by atoms with van der Waals surface area (Å²) in [5, 5.41) is 3.14. The molecule has 3 aliphatic carbocycles. The minimum absolute atomic E-state index is 0.00316. The molecule has 3 aromatic rings. The highest BCUT2D eigenvalue weighted by molar-refractivity contribution is 7.12. The second kappa shape index (κ2) is 7.51. The monoisotopic (exact) mass is 435 g/mol. The fourth-order valence-electron chi connectivity index (χ4n) is 4.57. The molecular weight excluding hydrogens is 410 g/mol. The van der Waals surface area contributed by atoms with Crippen LogP contribution in [0.2, 0.25) is 0 Å². The van der Waals surface area contributed by atoms with E-state index in [0.29, 0.717) is 29.4 Å². The summed E-state index contributed by atoms with van der Waals surface area (Å²) in [7, 11) is 0. The van der Waals surface area contributed by atoms with E-state index in [2.05, 4.69) is 25.3 Å². The molecule has 2 saturated carbocycles. The number of amides is 1. The summed E-state index contributed by atoms with van der Waals surface area (Å²) >= 11 is 1.68. The molecule has 0 radical (unpaired) electrons. The molecule has 7 nitrogen and oxygen atoms in total. The number of rotatable bonds is 7. The number of ketones is 1. The number of imidazole rings is 1. The molecular formula is C23H25N5O2S. The second-order valence-corrected chi connectivity index (χ2v) is 10.4. The predicted octanol–water partition coefficient (Wildman–Crippen LogP) is 3.35. The smallest absolute Gasteiger partial charge is 0.252 e. The molecule has 0 aromatic carbocycles. The first-order chi connectivity index (χ1) is 15.2. The van der Waals surface area contributed by atoms with Crippen molar-refractivity contribution in [2.75, 3.05) is 6.54 Å². The summed E-state index contributed by atoms with van der Waals surface area (Å²) in [5.74, 6) is 2.21. The third kappa shape index (κ3) is 3.78. The van der Waals surface area contributed by atoms with Crippen LogP contribution < -0.4 is 5.32 Å². The Morgan fingerprint density at radius 2 is 1.97 bits per heavy atom. The van der Waals surface area contributed by atoms with Gasteiger partial charge in [0.05, 0.1) is 5.56 Å². The van der Waals surface area contributed by atoms with E-state index >= 15 is 0 Å². The Kier molecular flexibility index (Phi) is 4.63. The first kappa shape index (κ1) is 19.1. The van der Waals surface area contributed by atoms with Crippen molar-refractivity contribution in [3.63, 3.8) is 0 Å². The number of aryl methyl sites for hydroxylation is 1. The first-order valence-corrected chi connectivity index (χ1v) is 12.1. The maximum absolute atomic E-state index is 13.2. The van der Waals surface area contributed by atoms with Crippen molar-refractivity contribution >= 4 is 34.3 Å². The van der Waals surface area contributed by atoms with Crippen LogP contribution in [-0.2, 0) is 24.1 Å². The summed E-state index contributed by atoms with van der Waals surface area (Å²) in [6.07, 6.45) is 10.7. The zero-order valence-electron chi connectivity index (χ0n) is 17.3. The van der Waals surface area contributed by atoms with Gasteiger partial charge in [-0.05, 0) is 56.4 Å². The molecule has 2 N–H and O–H groups in total. The lowest BCUT2D eigenvalue weighted by molar-refractivity contribution is -0.119. The Hall–Kier alpha value is -2.61. The van der Waals surface area contributed by atoms with Gasteiger partial charge in [0.25, 0.3) is 5.91 Å². The Morgan fingerprint density at radius 3 is 2.74 bits per heavy atom. The third-order valence-corrected chi connectivity index (χ3v) is 8.01. The van der Waals surface area contributed by atoms with Crippen LogP contribution in [0.25, 0.3) is 11.3 Å². The molecule has 0 bridgehead atoms. The van der Waals surface area contributed by atoms with Crippen LogP contribution in [0.4, 0.5) is 0 Å². The number of nitrogens with one attached hydrogen (secondary N) is 2. The third-order valence-electron chi connectivity index (χ3n) is 6.72. The molecule has 6 rings (SSSR count). The SMILES string of the molecule is O=C(NCC1CC1)c1c(CC(=O)C2CC2)sc2c1CC(c1nc3nccnc3[nH]1)CC2. The van der Waals surface area contributed by atoms with Crippen LogP contribution in [0.1, 0.15) is 69.5 Å². The molecule has 0 spiro atoms. The number of carbonyl (C=O) groups excluding carboxylic acids is 2. The molecule has 0 aliphatic heterocycles. The summed E-state index contributed by atoms with van der Waals surface area (Å²) in [5.41, 5.74) is 3.22. The summed E-state index contributed by atoms with van der Waals surface area (Å²) in [4.78, 5) is 44.6. The van der Waals surface area contributed by atoms with Crippen LogP contribution >= 0.6 is 11.3 Å². The Morgan fingerprint density at radius 1 is 1.13 bits per heavy atom. The number of fused-ring (bicyclic) bond motifs is 2. The molecule has 0 saturated heterocycles. The minimum Gasteiger partial charge on any atom is -0.352 e. The second-order valence-electron chi connectivity index (χ2n) is 9.16. The zero-order chi connectivity index (χ0) is 20.9. The average Bonchev–Trinajstić information content (AvgIpc) is 3.70. The molecule has 1 unspecified atom stereocenters. The van der Waals surface area contributed by atoms with Crippen molar-refractivity contribution in [3.05, 3.63) is 39.1 Å². The number of aromatic nitrogens is 4. The van der Waals surface area contributed by atoms with Gasteiger partial charge in [-0.25, -0.2) is 15.0 Å². The van der Waals surface area contributed by atoms with Crippen molar-refractivity contribution in [2.24, 2.45) is 11.8 Å². The largest absolute Gasteiger partial charge is 0.352 e. The number of nitrogens with zero attached hydrogens (tertiary/aromatic N) is 3. The molecule has 3 aromatic heterocycles. The van der Waals surface area contributed by atoms with Gasteiger partial charge in [-0.2, -0.15) is 0 Å². The van der Waals surface area contributed by atoms with E-state index in [4.69, 9.17) is 0 Å². The van der Waals surface area contributed by atoms with E-state index < -0.39 is 0 Å². The minimum atomic E-state index is -0.00316. The predicted molar refractivity (Wildman–Crippen MR) is 117 cm³/mol. The highest BCUT2D eigenvalue weighted by atomic mass is 32.1. The van der Waals surface area contributed by atoms with Gasteiger partial charge in [0.2, 0.25) is 0 Å². The van der Waals surface area contributed by atoms with E-state index in [1.54, 1.807) is 23.7 Å². The zero-order valence-corrected chi connectivity index (χ0v) is 18.1. The number of H-pyrrole nitrogens is 1. The molecule has 2 fully saturated rings.